The molecule has 6 nitrogen and oxygen atoms in total. The van der Waals surface area contributed by atoms with Crippen molar-refractivity contribution in [1.82, 2.24) is 10.2 Å². The van der Waals surface area contributed by atoms with Crippen LogP contribution in [-0.4, -0.2) is 29.9 Å². The molecule has 2 rings (SSSR count). The monoisotopic (exact) mass is 223 g/mol. The normalized spacial score (nSPS) is 25.0. The van der Waals surface area contributed by atoms with Crippen molar-refractivity contribution in [3.8, 4) is 0 Å². The van der Waals surface area contributed by atoms with Gasteiger partial charge in [-0.2, -0.15) is 0 Å². The predicted octanol–water partition coefficient (Wildman–Crippen LogP) is 0.00530. The van der Waals surface area contributed by atoms with E-state index in [9.17, 15) is 9.59 Å². The van der Waals surface area contributed by atoms with Crippen LogP contribution >= 0.6 is 0 Å². The van der Waals surface area contributed by atoms with Gasteiger partial charge in [-0.1, -0.05) is 0 Å². The molecule has 1 fully saturated rings. The van der Waals surface area contributed by atoms with E-state index in [1.807, 2.05) is 0 Å². The minimum Gasteiger partial charge on any atom is -0.466 e. The van der Waals surface area contributed by atoms with Crippen molar-refractivity contribution in [2.45, 2.75) is 12.5 Å². The molecule has 3 N–H and O–H groups in total. The van der Waals surface area contributed by atoms with E-state index in [2.05, 4.69) is 5.32 Å². The van der Waals surface area contributed by atoms with Crippen LogP contribution in [0.1, 0.15) is 12.7 Å². The fraction of sp³-hybridized carbons (Fsp3) is 0.400. The molecule has 0 spiro atoms. The molecular formula is C10H13N3O3. The summed E-state index contributed by atoms with van der Waals surface area (Å²) in [4.78, 5) is 24.7. The molecule has 1 aromatic heterocycles. The molecular weight excluding hydrogens is 210 g/mol. The van der Waals surface area contributed by atoms with Crippen LogP contribution in [0.25, 0.3) is 0 Å². The quantitative estimate of drug-likeness (QED) is 0.706. The molecule has 16 heavy (non-hydrogen) atoms. The van der Waals surface area contributed by atoms with Gasteiger partial charge in [0.25, 0.3) is 5.91 Å². The third-order valence-corrected chi connectivity index (χ3v) is 2.64. The first-order valence-electron chi connectivity index (χ1n) is 4.98. The van der Waals surface area contributed by atoms with Crippen LogP contribution in [-0.2, 0) is 10.3 Å². The summed E-state index contributed by atoms with van der Waals surface area (Å²) in [6.45, 7) is 2.07. The Kier molecular flexibility index (Phi) is 2.43. The molecule has 0 aromatic carbocycles. The minimum absolute atomic E-state index is 0.209. The topological polar surface area (TPSA) is 88.6 Å². The molecule has 1 unspecified atom stereocenters. The van der Waals surface area contributed by atoms with Crippen LogP contribution in [0.3, 0.4) is 0 Å². The van der Waals surface area contributed by atoms with Gasteiger partial charge in [-0.25, -0.2) is 4.79 Å². The Bertz CT molecular complexity index is 415. The highest BCUT2D eigenvalue weighted by atomic mass is 16.3. The molecule has 0 saturated carbocycles. The van der Waals surface area contributed by atoms with Crippen molar-refractivity contribution < 1.29 is 14.0 Å². The molecule has 3 amide bonds. The number of nitrogens with two attached hydrogens (primary N) is 1. The summed E-state index contributed by atoms with van der Waals surface area (Å²) in [5, 5.41) is 2.61. The molecule has 1 saturated heterocycles. The maximum Gasteiger partial charge on any atom is 0.325 e. The minimum atomic E-state index is -1.12. The number of carbonyl (C=O) groups is 2. The van der Waals surface area contributed by atoms with E-state index in [0.717, 1.165) is 4.90 Å². The summed E-state index contributed by atoms with van der Waals surface area (Å²) < 4.78 is 5.17. The van der Waals surface area contributed by atoms with E-state index in [4.69, 9.17) is 10.2 Å². The number of imide groups is 1. The zero-order chi connectivity index (χ0) is 11.8. The van der Waals surface area contributed by atoms with Gasteiger partial charge >= 0.3 is 6.03 Å². The molecule has 1 aliphatic heterocycles. The van der Waals surface area contributed by atoms with Crippen LogP contribution in [0.4, 0.5) is 4.79 Å². The molecule has 0 radical (unpaired) electrons. The third-order valence-electron chi connectivity index (χ3n) is 2.64. The molecule has 0 aliphatic carbocycles. The Morgan fingerprint density at radius 3 is 2.88 bits per heavy atom. The zero-order valence-corrected chi connectivity index (χ0v) is 8.90. The average molecular weight is 223 g/mol. The number of hydrogen-bond donors (Lipinski definition) is 2. The van der Waals surface area contributed by atoms with E-state index in [1.165, 1.54) is 6.26 Å². The second-order valence-electron chi connectivity index (χ2n) is 3.78. The number of urea groups is 1. The predicted molar refractivity (Wildman–Crippen MR) is 55.4 cm³/mol. The smallest absolute Gasteiger partial charge is 0.325 e. The number of furan rings is 1. The Labute approximate surface area is 92.4 Å². The molecule has 1 atom stereocenters. The van der Waals surface area contributed by atoms with E-state index in [1.54, 1.807) is 19.1 Å². The van der Waals surface area contributed by atoms with Crippen LogP contribution < -0.4 is 11.1 Å². The van der Waals surface area contributed by atoms with Crippen molar-refractivity contribution in [2.75, 3.05) is 13.1 Å². The van der Waals surface area contributed by atoms with E-state index in [0.29, 0.717) is 5.76 Å². The lowest BCUT2D eigenvalue weighted by Crippen LogP contribution is -2.41. The first kappa shape index (κ1) is 10.7. The molecule has 6 heteroatoms. The average Bonchev–Trinajstić information content (AvgIpc) is 2.83. The zero-order valence-electron chi connectivity index (χ0n) is 8.90. The fourth-order valence-electron chi connectivity index (χ4n) is 1.76. The highest BCUT2D eigenvalue weighted by Gasteiger charge is 2.50. The summed E-state index contributed by atoms with van der Waals surface area (Å²) >= 11 is 0. The summed E-state index contributed by atoms with van der Waals surface area (Å²) in [5.41, 5.74) is 4.23. The molecule has 86 valence electrons. The van der Waals surface area contributed by atoms with Gasteiger partial charge in [-0.15, -0.1) is 0 Å². The van der Waals surface area contributed by atoms with Gasteiger partial charge in [0.15, 0.2) is 5.54 Å². The summed E-state index contributed by atoms with van der Waals surface area (Å²) in [7, 11) is 0. The molecule has 2 heterocycles. The Hall–Kier alpha value is -1.82. The summed E-state index contributed by atoms with van der Waals surface area (Å²) in [6, 6.07) is 2.89. The number of hydrogen-bond acceptors (Lipinski definition) is 4. The Morgan fingerprint density at radius 2 is 2.31 bits per heavy atom. The van der Waals surface area contributed by atoms with Crippen LogP contribution in [0, 0.1) is 0 Å². The first-order valence-corrected chi connectivity index (χ1v) is 4.98. The van der Waals surface area contributed by atoms with Crippen molar-refractivity contribution in [2.24, 2.45) is 5.73 Å². The first-order chi connectivity index (χ1) is 7.59. The summed E-state index contributed by atoms with van der Waals surface area (Å²) in [5.74, 6) is 0.0864. The highest BCUT2D eigenvalue weighted by molar-refractivity contribution is 6.06. The van der Waals surface area contributed by atoms with E-state index >= 15 is 0 Å². The lowest BCUT2D eigenvalue weighted by Gasteiger charge is -2.18. The van der Waals surface area contributed by atoms with Crippen LogP contribution in [0.15, 0.2) is 22.8 Å². The second-order valence-corrected chi connectivity index (χ2v) is 3.78. The van der Waals surface area contributed by atoms with Crippen molar-refractivity contribution in [3.05, 3.63) is 24.2 Å². The maximum atomic E-state index is 12.1. The standard InChI is InChI=1S/C10H13N3O3/c1-10(7-3-2-6-16-7)8(14)13(5-4-11)9(15)12-10/h2-3,6H,4-5,11H2,1H3,(H,12,15). The number of nitrogens with one attached hydrogen (secondary N) is 1. The van der Waals surface area contributed by atoms with Crippen molar-refractivity contribution in [3.63, 3.8) is 0 Å². The molecule has 1 aromatic rings. The SMILES string of the molecule is CC1(c2ccco2)NC(=O)N(CCN)C1=O. The fourth-order valence-corrected chi connectivity index (χ4v) is 1.76. The van der Waals surface area contributed by atoms with E-state index < -0.39 is 11.6 Å². The van der Waals surface area contributed by atoms with Gasteiger partial charge in [0.1, 0.15) is 5.76 Å². The number of amides is 3. The lowest BCUT2D eigenvalue weighted by molar-refractivity contribution is -0.131. The van der Waals surface area contributed by atoms with Crippen LogP contribution in [0.2, 0.25) is 0 Å². The van der Waals surface area contributed by atoms with Gasteiger partial charge in [0.05, 0.1) is 6.26 Å². The van der Waals surface area contributed by atoms with Gasteiger partial charge < -0.3 is 15.5 Å². The Morgan fingerprint density at radius 1 is 1.56 bits per heavy atom. The lowest BCUT2D eigenvalue weighted by atomic mass is 9.99. The van der Waals surface area contributed by atoms with Crippen molar-refractivity contribution >= 4 is 11.9 Å². The van der Waals surface area contributed by atoms with Gasteiger partial charge in [0, 0.05) is 13.1 Å². The van der Waals surface area contributed by atoms with Crippen molar-refractivity contribution in [1.29, 1.82) is 0 Å². The highest BCUT2D eigenvalue weighted by Crippen LogP contribution is 2.28. The van der Waals surface area contributed by atoms with Gasteiger partial charge in [-0.3, -0.25) is 9.69 Å². The Balaban J connectivity index is 2.32. The number of carbonyl (C=O) groups excluding carboxylic acids is 2. The second kappa shape index (κ2) is 3.64. The number of nitrogens with zero attached hydrogens (tertiary/aromatic N) is 1. The summed E-state index contributed by atoms with van der Waals surface area (Å²) in [6.07, 6.45) is 1.46. The van der Waals surface area contributed by atoms with E-state index in [-0.39, 0.29) is 19.0 Å². The maximum absolute atomic E-state index is 12.1. The largest absolute Gasteiger partial charge is 0.466 e. The van der Waals surface area contributed by atoms with Gasteiger partial charge in [0.2, 0.25) is 0 Å². The third kappa shape index (κ3) is 1.38. The number of rotatable bonds is 3. The molecule has 1 aliphatic rings. The van der Waals surface area contributed by atoms with Crippen LogP contribution in [0.5, 0.6) is 0 Å². The molecule has 0 bridgehead atoms. The van der Waals surface area contributed by atoms with Gasteiger partial charge in [-0.05, 0) is 19.1 Å².